The first-order chi connectivity index (χ1) is 16.4. The van der Waals surface area contributed by atoms with E-state index in [1.54, 1.807) is 36.4 Å². The number of benzene rings is 2. The van der Waals surface area contributed by atoms with E-state index in [4.69, 9.17) is 9.47 Å². The topological polar surface area (TPSA) is 117 Å². The van der Waals surface area contributed by atoms with Crippen molar-refractivity contribution in [3.63, 3.8) is 0 Å². The number of ether oxygens (including phenoxy) is 2. The molecular formula is C26H32N2O6. The number of hydrogen-bond donors (Lipinski definition) is 4. The van der Waals surface area contributed by atoms with Gasteiger partial charge >= 0.3 is 0 Å². The summed E-state index contributed by atoms with van der Waals surface area (Å²) in [6.45, 7) is 1.15. The molecule has 2 rings (SSSR count). The molecular weight excluding hydrogens is 436 g/mol. The second-order valence-electron chi connectivity index (χ2n) is 7.53. The third-order valence-electron chi connectivity index (χ3n) is 4.96. The maximum Gasteiger partial charge on any atom is 0.243 e. The van der Waals surface area contributed by atoms with Crippen molar-refractivity contribution in [3.05, 3.63) is 59.7 Å². The van der Waals surface area contributed by atoms with E-state index in [1.165, 1.54) is 38.5 Å². The molecule has 0 aliphatic rings. The number of amides is 2. The number of phenols is 2. The monoisotopic (exact) mass is 468 g/mol. The van der Waals surface area contributed by atoms with Gasteiger partial charge in [-0.1, -0.05) is 25.0 Å². The van der Waals surface area contributed by atoms with E-state index in [9.17, 15) is 19.8 Å². The molecule has 0 heterocycles. The van der Waals surface area contributed by atoms with Gasteiger partial charge in [0.15, 0.2) is 23.0 Å². The molecule has 2 amide bonds. The summed E-state index contributed by atoms with van der Waals surface area (Å²) in [6, 6.07) is 9.72. The first-order valence-electron chi connectivity index (χ1n) is 11.1. The molecule has 2 aromatic rings. The van der Waals surface area contributed by atoms with Crippen LogP contribution in [0.25, 0.3) is 12.2 Å². The molecule has 8 heteroatoms. The zero-order valence-electron chi connectivity index (χ0n) is 19.5. The smallest absolute Gasteiger partial charge is 0.243 e. The molecule has 0 aliphatic heterocycles. The van der Waals surface area contributed by atoms with Crippen LogP contribution >= 0.6 is 0 Å². The Balaban J connectivity index is 1.55. The third kappa shape index (κ3) is 9.28. The Hall–Kier alpha value is -3.94. The minimum atomic E-state index is -0.183. The van der Waals surface area contributed by atoms with Gasteiger partial charge in [0.05, 0.1) is 14.2 Å². The highest BCUT2D eigenvalue weighted by Gasteiger charge is 2.03. The lowest BCUT2D eigenvalue weighted by Crippen LogP contribution is -2.23. The van der Waals surface area contributed by atoms with Crippen LogP contribution in [0.15, 0.2) is 48.6 Å². The van der Waals surface area contributed by atoms with Gasteiger partial charge in [0.25, 0.3) is 0 Å². The molecule has 0 radical (unpaired) electrons. The van der Waals surface area contributed by atoms with Gasteiger partial charge in [0.1, 0.15) is 0 Å². The number of nitrogens with one attached hydrogen (secondary N) is 2. The summed E-state index contributed by atoms with van der Waals surface area (Å²) in [4.78, 5) is 23.8. The van der Waals surface area contributed by atoms with Crippen molar-refractivity contribution < 1.29 is 29.3 Å². The van der Waals surface area contributed by atoms with Crippen LogP contribution in [-0.2, 0) is 9.59 Å². The van der Waals surface area contributed by atoms with E-state index in [-0.39, 0.29) is 23.3 Å². The van der Waals surface area contributed by atoms with Crippen LogP contribution < -0.4 is 20.1 Å². The molecule has 8 nitrogen and oxygen atoms in total. The second-order valence-corrected chi connectivity index (χ2v) is 7.53. The average Bonchev–Trinajstić information content (AvgIpc) is 2.84. The SMILES string of the molecule is COc1cc(/C=C/C(=O)NCCCCCCNC(=O)/C=C/c2ccc(O)c(OC)c2)ccc1O. The Labute approximate surface area is 199 Å². The van der Waals surface area contributed by atoms with Crippen molar-refractivity contribution in [2.24, 2.45) is 0 Å². The second kappa shape index (κ2) is 14.3. The van der Waals surface area contributed by atoms with Gasteiger partial charge in [-0.25, -0.2) is 0 Å². The molecule has 2 aromatic carbocycles. The van der Waals surface area contributed by atoms with Crippen LogP contribution in [-0.4, -0.2) is 49.3 Å². The first-order valence-corrected chi connectivity index (χ1v) is 11.1. The van der Waals surface area contributed by atoms with Gasteiger partial charge in [-0.15, -0.1) is 0 Å². The lowest BCUT2D eigenvalue weighted by atomic mass is 10.1. The normalized spacial score (nSPS) is 11.0. The molecule has 0 bridgehead atoms. The van der Waals surface area contributed by atoms with Gasteiger partial charge in [-0.2, -0.15) is 0 Å². The average molecular weight is 469 g/mol. The largest absolute Gasteiger partial charge is 0.504 e. The van der Waals surface area contributed by atoms with Crippen molar-refractivity contribution in [3.8, 4) is 23.0 Å². The summed E-state index contributed by atoms with van der Waals surface area (Å²) in [5.41, 5.74) is 1.51. The summed E-state index contributed by atoms with van der Waals surface area (Å²) < 4.78 is 10.1. The maximum absolute atomic E-state index is 11.9. The molecule has 0 aliphatic carbocycles. The zero-order valence-corrected chi connectivity index (χ0v) is 19.5. The Kier molecular flexibility index (Phi) is 11.0. The number of hydrogen-bond acceptors (Lipinski definition) is 6. The Morgan fingerprint density at radius 2 is 1.15 bits per heavy atom. The minimum absolute atomic E-state index is 0.0512. The van der Waals surface area contributed by atoms with Crippen molar-refractivity contribution >= 4 is 24.0 Å². The van der Waals surface area contributed by atoms with Gasteiger partial charge in [0.2, 0.25) is 11.8 Å². The Morgan fingerprint density at radius 3 is 1.53 bits per heavy atom. The summed E-state index contributed by atoms with van der Waals surface area (Å²) in [5, 5.41) is 24.8. The minimum Gasteiger partial charge on any atom is -0.504 e. The molecule has 0 saturated carbocycles. The standard InChI is InChI=1S/C26H32N2O6/c1-33-23-17-19(7-11-21(23)29)9-13-25(31)27-15-5-3-4-6-16-28-26(32)14-10-20-8-12-22(30)24(18-20)34-2/h7-14,17-18,29-30H,3-6,15-16H2,1-2H3,(H,27,31)(H,28,32)/b13-9+,14-10+. The van der Waals surface area contributed by atoms with E-state index in [2.05, 4.69) is 10.6 Å². The number of methoxy groups -OCH3 is 2. The van der Waals surface area contributed by atoms with Crippen LogP contribution in [0.3, 0.4) is 0 Å². The fraction of sp³-hybridized carbons (Fsp3) is 0.308. The summed E-state index contributed by atoms with van der Waals surface area (Å²) >= 11 is 0. The van der Waals surface area contributed by atoms with Crippen molar-refractivity contribution in [1.29, 1.82) is 0 Å². The predicted molar refractivity (Wildman–Crippen MR) is 132 cm³/mol. The highest BCUT2D eigenvalue weighted by atomic mass is 16.5. The van der Waals surface area contributed by atoms with E-state index in [0.717, 1.165) is 36.8 Å². The van der Waals surface area contributed by atoms with Crippen LogP contribution in [0.2, 0.25) is 0 Å². The van der Waals surface area contributed by atoms with Crippen LogP contribution in [0, 0.1) is 0 Å². The molecule has 0 saturated heterocycles. The predicted octanol–water partition coefficient (Wildman–Crippen LogP) is 3.63. The highest BCUT2D eigenvalue weighted by molar-refractivity contribution is 5.92. The summed E-state index contributed by atoms with van der Waals surface area (Å²) in [7, 11) is 2.94. The van der Waals surface area contributed by atoms with Gasteiger partial charge in [-0.05, 0) is 60.4 Å². The van der Waals surface area contributed by atoms with E-state index in [0.29, 0.717) is 24.6 Å². The molecule has 182 valence electrons. The van der Waals surface area contributed by atoms with Crippen molar-refractivity contribution in [2.75, 3.05) is 27.3 Å². The zero-order chi connectivity index (χ0) is 24.8. The van der Waals surface area contributed by atoms with Gasteiger partial charge in [0, 0.05) is 25.2 Å². The Bertz CT molecular complexity index is 935. The van der Waals surface area contributed by atoms with E-state index >= 15 is 0 Å². The number of phenolic OH excluding ortho intramolecular Hbond substituents is 2. The van der Waals surface area contributed by atoms with Gasteiger partial charge in [-0.3, -0.25) is 9.59 Å². The molecule has 0 unspecified atom stereocenters. The lowest BCUT2D eigenvalue weighted by molar-refractivity contribution is -0.117. The molecule has 0 atom stereocenters. The molecule has 4 N–H and O–H groups in total. The molecule has 34 heavy (non-hydrogen) atoms. The number of carbonyl (C=O) groups excluding carboxylic acids is 2. The third-order valence-corrected chi connectivity index (χ3v) is 4.96. The highest BCUT2D eigenvalue weighted by Crippen LogP contribution is 2.27. The van der Waals surface area contributed by atoms with Crippen LogP contribution in [0.4, 0.5) is 0 Å². The fourth-order valence-corrected chi connectivity index (χ4v) is 3.08. The van der Waals surface area contributed by atoms with Crippen LogP contribution in [0.1, 0.15) is 36.8 Å². The van der Waals surface area contributed by atoms with Crippen LogP contribution in [0.5, 0.6) is 23.0 Å². The maximum atomic E-state index is 11.9. The summed E-state index contributed by atoms with van der Waals surface area (Å²) in [5.74, 6) is 0.445. The number of unbranched alkanes of at least 4 members (excludes halogenated alkanes) is 3. The first kappa shape index (κ1) is 26.3. The quantitative estimate of drug-likeness (QED) is 0.263. The molecule has 0 spiro atoms. The number of rotatable bonds is 13. The summed E-state index contributed by atoms with van der Waals surface area (Å²) in [6.07, 6.45) is 9.80. The lowest BCUT2D eigenvalue weighted by Gasteiger charge is -2.05. The fourth-order valence-electron chi connectivity index (χ4n) is 3.08. The number of aromatic hydroxyl groups is 2. The Morgan fingerprint density at radius 1 is 0.735 bits per heavy atom. The van der Waals surface area contributed by atoms with E-state index < -0.39 is 0 Å². The number of carbonyl (C=O) groups is 2. The van der Waals surface area contributed by atoms with Gasteiger partial charge < -0.3 is 30.3 Å². The molecule has 0 fully saturated rings. The van der Waals surface area contributed by atoms with E-state index in [1.807, 2.05) is 0 Å². The van der Waals surface area contributed by atoms with Crippen molar-refractivity contribution in [2.45, 2.75) is 25.7 Å². The molecule has 0 aromatic heterocycles. The van der Waals surface area contributed by atoms with Crippen molar-refractivity contribution in [1.82, 2.24) is 10.6 Å².